The predicted octanol–water partition coefficient (Wildman–Crippen LogP) is 3.56. The molecule has 3 nitrogen and oxygen atoms in total. The van der Waals surface area contributed by atoms with Crippen LogP contribution in [0.3, 0.4) is 0 Å². The molecule has 0 aliphatic rings. The first-order valence-electron chi connectivity index (χ1n) is 4.80. The minimum absolute atomic E-state index is 0.122. The molecule has 0 atom stereocenters. The molecule has 2 aromatic rings. The van der Waals surface area contributed by atoms with Crippen LogP contribution in [0.1, 0.15) is 9.67 Å². The number of aromatic hydroxyl groups is 1. The van der Waals surface area contributed by atoms with E-state index in [2.05, 4.69) is 4.74 Å². The number of carbonyl (C=O) groups is 1. The number of benzene rings is 1. The Hall–Kier alpha value is -1.52. The number of hydrogen-bond donors (Lipinski definition) is 1. The van der Waals surface area contributed by atoms with Gasteiger partial charge in [-0.25, -0.2) is 4.79 Å². The van der Waals surface area contributed by atoms with Gasteiger partial charge in [-0.3, -0.25) is 0 Å². The van der Waals surface area contributed by atoms with Crippen molar-refractivity contribution in [2.24, 2.45) is 0 Å². The number of thiophene rings is 1. The first-order chi connectivity index (χ1) is 8.15. The van der Waals surface area contributed by atoms with Gasteiger partial charge in [0.2, 0.25) is 0 Å². The Morgan fingerprint density at radius 2 is 2.00 bits per heavy atom. The van der Waals surface area contributed by atoms with E-state index in [4.69, 9.17) is 11.6 Å². The maximum atomic E-state index is 11.4. The summed E-state index contributed by atoms with van der Waals surface area (Å²) in [6.45, 7) is 0. The van der Waals surface area contributed by atoms with E-state index in [1.165, 1.54) is 7.11 Å². The van der Waals surface area contributed by atoms with Gasteiger partial charge in [0.1, 0.15) is 10.1 Å². The second kappa shape index (κ2) is 4.77. The molecule has 0 saturated carbocycles. The van der Waals surface area contributed by atoms with Crippen LogP contribution in [0.25, 0.3) is 11.1 Å². The SMILES string of the molecule is COC(=O)c1sc(Cl)c(-c2ccccc2)c1O. The van der Waals surface area contributed by atoms with Crippen LogP contribution in [-0.4, -0.2) is 18.2 Å². The van der Waals surface area contributed by atoms with Crippen molar-refractivity contribution in [2.75, 3.05) is 7.11 Å². The summed E-state index contributed by atoms with van der Waals surface area (Å²) in [6.07, 6.45) is 0. The molecule has 0 bridgehead atoms. The molecular formula is C12H9ClO3S. The summed E-state index contributed by atoms with van der Waals surface area (Å²) in [4.78, 5) is 11.5. The van der Waals surface area contributed by atoms with Crippen molar-refractivity contribution in [1.29, 1.82) is 0 Å². The second-order valence-corrected chi connectivity index (χ2v) is 4.91. The van der Waals surface area contributed by atoms with E-state index in [1.54, 1.807) is 0 Å². The van der Waals surface area contributed by atoms with E-state index in [-0.39, 0.29) is 10.6 Å². The lowest BCUT2D eigenvalue weighted by atomic mass is 10.1. The lowest BCUT2D eigenvalue weighted by Crippen LogP contribution is -1.97. The molecule has 1 aromatic carbocycles. The van der Waals surface area contributed by atoms with Crippen molar-refractivity contribution >= 4 is 28.9 Å². The third-order valence-corrected chi connectivity index (χ3v) is 3.64. The molecule has 0 spiro atoms. The topological polar surface area (TPSA) is 46.5 Å². The third kappa shape index (κ3) is 2.14. The minimum atomic E-state index is -0.586. The van der Waals surface area contributed by atoms with E-state index in [0.29, 0.717) is 9.90 Å². The molecule has 0 amide bonds. The third-order valence-electron chi connectivity index (χ3n) is 2.27. The number of carbonyl (C=O) groups excluding carboxylic acids is 1. The number of halogens is 1. The summed E-state index contributed by atoms with van der Waals surface area (Å²) in [5, 5.41) is 9.99. The number of ether oxygens (including phenoxy) is 1. The fourth-order valence-corrected chi connectivity index (χ4v) is 2.77. The Balaban J connectivity index is 2.57. The van der Waals surface area contributed by atoms with E-state index < -0.39 is 5.97 Å². The normalized spacial score (nSPS) is 10.2. The van der Waals surface area contributed by atoms with Crippen LogP contribution < -0.4 is 0 Å². The molecular weight excluding hydrogens is 260 g/mol. The van der Waals surface area contributed by atoms with Crippen LogP contribution in [0.2, 0.25) is 4.34 Å². The molecule has 0 aliphatic heterocycles. The zero-order valence-corrected chi connectivity index (χ0v) is 10.5. The van der Waals surface area contributed by atoms with Crippen molar-refractivity contribution in [2.45, 2.75) is 0 Å². The van der Waals surface area contributed by atoms with Gasteiger partial charge in [0.05, 0.1) is 12.7 Å². The lowest BCUT2D eigenvalue weighted by molar-refractivity contribution is 0.0603. The molecule has 0 radical (unpaired) electrons. The fraction of sp³-hybridized carbons (Fsp3) is 0.0833. The monoisotopic (exact) mass is 268 g/mol. The van der Waals surface area contributed by atoms with Crippen molar-refractivity contribution in [1.82, 2.24) is 0 Å². The summed E-state index contributed by atoms with van der Waals surface area (Å²) in [5.74, 6) is -0.713. The van der Waals surface area contributed by atoms with E-state index in [0.717, 1.165) is 16.9 Å². The van der Waals surface area contributed by atoms with E-state index >= 15 is 0 Å². The Morgan fingerprint density at radius 3 is 2.59 bits per heavy atom. The smallest absolute Gasteiger partial charge is 0.351 e. The lowest BCUT2D eigenvalue weighted by Gasteiger charge is -2.00. The number of methoxy groups -OCH3 is 1. The minimum Gasteiger partial charge on any atom is -0.505 e. The Morgan fingerprint density at radius 1 is 1.35 bits per heavy atom. The van der Waals surface area contributed by atoms with Crippen LogP contribution in [0, 0.1) is 0 Å². The predicted molar refractivity (Wildman–Crippen MR) is 67.8 cm³/mol. The van der Waals surface area contributed by atoms with Gasteiger partial charge in [-0.05, 0) is 5.56 Å². The molecule has 2 rings (SSSR count). The average Bonchev–Trinajstić information content (AvgIpc) is 2.65. The number of esters is 1. The highest BCUT2D eigenvalue weighted by Gasteiger charge is 2.23. The van der Waals surface area contributed by atoms with Gasteiger partial charge in [-0.2, -0.15) is 0 Å². The van der Waals surface area contributed by atoms with Gasteiger partial charge in [-0.15, -0.1) is 11.3 Å². The highest BCUT2D eigenvalue weighted by atomic mass is 35.5. The quantitative estimate of drug-likeness (QED) is 0.847. The van der Waals surface area contributed by atoms with Gasteiger partial charge >= 0.3 is 5.97 Å². The summed E-state index contributed by atoms with van der Waals surface area (Å²) in [7, 11) is 1.26. The summed E-state index contributed by atoms with van der Waals surface area (Å²) in [6, 6.07) is 9.16. The molecule has 1 N–H and O–H groups in total. The van der Waals surface area contributed by atoms with E-state index in [1.807, 2.05) is 30.3 Å². The molecule has 0 fully saturated rings. The Bertz CT molecular complexity index is 548. The Labute approximate surface area is 107 Å². The van der Waals surface area contributed by atoms with Gasteiger partial charge in [0.25, 0.3) is 0 Å². The van der Waals surface area contributed by atoms with Crippen LogP contribution in [0.15, 0.2) is 30.3 Å². The average molecular weight is 269 g/mol. The molecule has 88 valence electrons. The van der Waals surface area contributed by atoms with Crippen molar-refractivity contribution in [3.8, 4) is 16.9 Å². The molecule has 1 heterocycles. The molecule has 0 aliphatic carbocycles. The Kier molecular flexibility index (Phi) is 3.36. The molecule has 0 unspecified atom stereocenters. The maximum absolute atomic E-state index is 11.4. The summed E-state index contributed by atoms with van der Waals surface area (Å²) in [5.41, 5.74) is 1.24. The van der Waals surface area contributed by atoms with E-state index in [9.17, 15) is 9.90 Å². The summed E-state index contributed by atoms with van der Waals surface area (Å²) < 4.78 is 4.94. The second-order valence-electron chi connectivity index (χ2n) is 3.29. The van der Waals surface area contributed by atoms with Crippen molar-refractivity contribution < 1.29 is 14.6 Å². The number of rotatable bonds is 2. The first-order valence-corrected chi connectivity index (χ1v) is 5.99. The molecule has 5 heteroatoms. The van der Waals surface area contributed by atoms with Crippen LogP contribution in [0.5, 0.6) is 5.75 Å². The van der Waals surface area contributed by atoms with Crippen LogP contribution in [0.4, 0.5) is 0 Å². The van der Waals surface area contributed by atoms with Crippen molar-refractivity contribution in [3.05, 3.63) is 39.5 Å². The highest BCUT2D eigenvalue weighted by Crippen LogP contribution is 2.44. The van der Waals surface area contributed by atoms with Gasteiger partial charge < -0.3 is 9.84 Å². The number of hydrogen-bond acceptors (Lipinski definition) is 4. The zero-order valence-electron chi connectivity index (χ0n) is 8.94. The van der Waals surface area contributed by atoms with Gasteiger partial charge in [0.15, 0.2) is 4.88 Å². The maximum Gasteiger partial charge on any atom is 0.351 e. The first kappa shape index (κ1) is 12.0. The van der Waals surface area contributed by atoms with Gasteiger partial charge in [0, 0.05) is 0 Å². The largest absolute Gasteiger partial charge is 0.505 e. The molecule has 17 heavy (non-hydrogen) atoms. The molecule has 0 saturated heterocycles. The van der Waals surface area contributed by atoms with Crippen LogP contribution in [-0.2, 0) is 4.74 Å². The van der Waals surface area contributed by atoms with Crippen molar-refractivity contribution in [3.63, 3.8) is 0 Å². The van der Waals surface area contributed by atoms with Gasteiger partial charge in [-0.1, -0.05) is 41.9 Å². The fourth-order valence-electron chi connectivity index (χ4n) is 1.48. The summed E-state index contributed by atoms with van der Waals surface area (Å²) >= 11 is 7.05. The molecule has 1 aromatic heterocycles. The highest BCUT2D eigenvalue weighted by molar-refractivity contribution is 7.19. The zero-order chi connectivity index (χ0) is 12.4. The standard InChI is InChI=1S/C12H9ClO3S/c1-16-12(15)10-9(14)8(11(13)17-10)7-5-3-2-4-6-7/h2-6,14H,1H3. The van der Waals surface area contributed by atoms with Crippen LogP contribution >= 0.6 is 22.9 Å².